The molecule has 6 nitrogen and oxygen atoms in total. The van der Waals surface area contributed by atoms with E-state index in [2.05, 4.69) is 11.9 Å². The van der Waals surface area contributed by atoms with Crippen molar-refractivity contribution in [2.75, 3.05) is 53.0 Å². The minimum absolute atomic E-state index is 0.0972. The van der Waals surface area contributed by atoms with Crippen LogP contribution in [0.1, 0.15) is 31.2 Å². The highest BCUT2D eigenvalue weighted by Crippen LogP contribution is 2.23. The van der Waals surface area contributed by atoms with Gasteiger partial charge in [-0.3, -0.25) is 9.59 Å². The fourth-order valence-corrected chi connectivity index (χ4v) is 4.34. The van der Waals surface area contributed by atoms with Crippen molar-refractivity contribution in [3.05, 3.63) is 39.9 Å². The third-order valence-corrected chi connectivity index (χ3v) is 6.75. The number of carbonyl (C=O) groups excluding carboxylic acids is 2. The lowest BCUT2D eigenvalue weighted by atomic mass is 10.1. The Morgan fingerprint density at radius 1 is 1.19 bits per heavy atom. The van der Waals surface area contributed by atoms with Crippen molar-refractivity contribution >= 4 is 41.1 Å². The molecule has 3 rings (SSSR count). The smallest absolute Gasteiger partial charge is 0.246 e. The Morgan fingerprint density at radius 3 is 2.71 bits per heavy atom. The number of nitrogens with zero attached hydrogens (tertiary/aromatic N) is 3. The Kier molecular flexibility index (Phi) is 9.20. The highest BCUT2D eigenvalue weighted by molar-refractivity contribution is 6.42. The molecule has 2 aliphatic rings. The van der Waals surface area contributed by atoms with E-state index < -0.39 is 0 Å². The molecule has 0 N–H and O–H groups in total. The minimum Gasteiger partial charge on any atom is -0.381 e. The van der Waals surface area contributed by atoms with Crippen molar-refractivity contribution in [3.8, 4) is 0 Å². The summed E-state index contributed by atoms with van der Waals surface area (Å²) in [6.07, 6.45) is 6.70. The average molecular weight is 468 g/mol. The lowest BCUT2D eigenvalue weighted by molar-refractivity contribution is -0.130. The van der Waals surface area contributed by atoms with Gasteiger partial charge in [0.25, 0.3) is 0 Å². The zero-order valence-electron chi connectivity index (χ0n) is 18.1. The van der Waals surface area contributed by atoms with Gasteiger partial charge in [0.1, 0.15) is 0 Å². The fourth-order valence-electron chi connectivity index (χ4n) is 4.03. The summed E-state index contributed by atoms with van der Waals surface area (Å²) in [6.45, 7) is 4.93. The number of benzene rings is 1. The number of ether oxygens (including phenoxy) is 1. The van der Waals surface area contributed by atoms with Crippen molar-refractivity contribution in [2.24, 2.45) is 0 Å². The molecule has 1 aromatic carbocycles. The van der Waals surface area contributed by atoms with Crippen LogP contribution >= 0.6 is 23.2 Å². The van der Waals surface area contributed by atoms with Gasteiger partial charge in [0.15, 0.2) is 0 Å². The summed E-state index contributed by atoms with van der Waals surface area (Å²) in [4.78, 5) is 31.1. The largest absolute Gasteiger partial charge is 0.381 e. The molecule has 0 spiro atoms. The number of hydrogen-bond acceptors (Lipinski definition) is 4. The molecule has 31 heavy (non-hydrogen) atoms. The molecule has 2 amide bonds. The molecule has 8 heteroatoms. The number of hydrogen-bond donors (Lipinski definition) is 0. The van der Waals surface area contributed by atoms with E-state index in [-0.39, 0.29) is 11.8 Å². The molecule has 0 radical (unpaired) electrons. The Balaban J connectivity index is 1.45. The first kappa shape index (κ1) is 24.1. The van der Waals surface area contributed by atoms with Gasteiger partial charge in [0.05, 0.1) is 10.0 Å². The maximum Gasteiger partial charge on any atom is 0.246 e. The first-order valence-corrected chi connectivity index (χ1v) is 11.7. The van der Waals surface area contributed by atoms with Crippen LogP contribution in [0.2, 0.25) is 10.0 Å². The maximum absolute atomic E-state index is 12.6. The van der Waals surface area contributed by atoms with Gasteiger partial charge in [-0.2, -0.15) is 0 Å². The van der Waals surface area contributed by atoms with Crippen molar-refractivity contribution in [1.82, 2.24) is 14.7 Å². The predicted molar refractivity (Wildman–Crippen MR) is 124 cm³/mol. The molecule has 0 saturated carbocycles. The monoisotopic (exact) mass is 467 g/mol. The van der Waals surface area contributed by atoms with Crippen molar-refractivity contribution in [2.45, 2.75) is 31.7 Å². The summed E-state index contributed by atoms with van der Waals surface area (Å²) in [6, 6.07) is 5.81. The maximum atomic E-state index is 12.6. The summed E-state index contributed by atoms with van der Waals surface area (Å²) in [7, 11) is 2.15. The lowest BCUT2D eigenvalue weighted by Crippen LogP contribution is -2.39. The second-order valence-corrected chi connectivity index (χ2v) is 8.96. The highest BCUT2D eigenvalue weighted by Gasteiger charge is 2.23. The molecule has 1 aromatic rings. The van der Waals surface area contributed by atoms with Crippen LogP contribution in [-0.4, -0.2) is 85.5 Å². The molecule has 170 valence electrons. The van der Waals surface area contributed by atoms with Crippen LogP contribution in [0, 0.1) is 0 Å². The second-order valence-electron chi connectivity index (χ2n) is 8.14. The summed E-state index contributed by atoms with van der Waals surface area (Å²) < 4.78 is 5.43. The van der Waals surface area contributed by atoms with Crippen molar-refractivity contribution in [3.63, 3.8) is 0 Å². The Morgan fingerprint density at radius 2 is 1.97 bits per heavy atom. The predicted octanol–water partition coefficient (Wildman–Crippen LogP) is 3.57. The molecule has 2 saturated heterocycles. The zero-order valence-corrected chi connectivity index (χ0v) is 19.6. The Labute approximate surface area is 194 Å². The van der Waals surface area contributed by atoms with E-state index in [4.69, 9.17) is 27.9 Å². The van der Waals surface area contributed by atoms with E-state index >= 15 is 0 Å². The molecule has 0 atom stereocenters. The van der Waals surface area contributed by atoms with Gasteiger partial charge in [-0.1, -0.05) is 29.3 Å². The SMILES string of the molecule is CN(CCCN1CCN(C(=O)C=Cc2ccc(Cl)c(Cl)c2)CCC1=O)C1CCOCC1. The van der Waals surface area contributed by atoms with Gasteiger partial charge in [-0.05, 0) is 56.6 Å². The molecule has 0 aliphatic carbocycles. The van der Waals surface area contributed by atoms with Crippen molar-refractivity contribution < 1.29 is 14.3 Å². The quantitative estimate of drug-likeness (QED) is 0.575. The van der Waals surface area contributed by atoms with Crippen LogP contribution in [0.3, 0.4) is 0 Å². The highest BCUT2D eigenvalue weighted by atomic mass is 35.5. The van der Waals surface area contributed by atoms with E-state index in [1.807, 2.05) is 11.0 Å². The molecule has 0 unspecified atom stereocenters. The summed E-state index contributed by atoms with van der Waals surface area (Å²) in [5, 5.41) is 0.935. The molecule has 2 aliphatic heterocycles. The molecule has 2 heterocycles. The molecule has 0 aromatic heterocycles. The topological polar surface area (TPSA) is 53.1 Å². The van der Waals surface area contributed by atoms with Crippen LogP contribution in [0.25, 0.3) is 6.08 Å². The van der Waals surface area contributed by atoms with Crippen LogP contribution in [0.15, 0.2) is 24.3 Å². The summed E-state index contributed by atoms with van der Waals surface area (Å²) >= 11 is 12.0. The number of carbonyl (C=O) groups is 2. The van der Waals surface area contributed by atoms with Crippen molar-refractivity contribution in [1.29, 1.82) is 0 Å². The number of amides is 2. The van der Waals surface area contributed by atoms with Gasteiger partial charge in [-0.15, -0.1) is 0 Å². The van der Waals surface area contributed by atoms with E-state index in [9.17, 15) is 9.59 Å². The van der Waals surface area contributed by atoms with E-state index in [0.717, 1.165) is 51.1 Å². The normalized spacial score (nSPS) is 18.8. The standard InChI is InChI=1S/C23H31Cl2N3O3/c1-26(19-8-15-31-16-9-19)10-2-11-27-13-14-28(12-7-23(27)30)22(29)6-4-18-3-5-20(24)21(25)17-18/h3-6,17,19H,2,7-16H2,1H3. The molecule has 0 bridgehead atoms. The van der Waals surface area contributed by atoms with Crippen LogP contribution < -0.4 is 0 Å². The van der Waals surface area contributed by atoms with Gasteiger partial charge in [0, 0.05) is 57.9 Å². The van der Waals surface area contributed by atoms with Gasteiger partial charge < -0.3 is 19.4 Å². The average Bonchev–Trinajstić information content (AvgIpc) is 2.96. The zero-order chi connectivity index (χ0) is 22.2. The van der Waals surface area contributed by atoms with Gasteiger partial charge >= 0.3 is 0 Å². The Bertz CT molecular complexity index is 796. The summed E-state index contributed by atoms with van der Waals surface area (Å²) in [5.74, 6) is 0.0254. The first-order valence-electron chi connectivity index (χ1n) is 10.9. The fraction of sp³-hybridized carbons (Fsp3) is 0.565. The van der Waals surface area contributed by atoms with Gasteiger partial charge in [-0.25, -0.2) is 0 Å². The first-order chi connectivity index (χ1) is 14.9. The van der Waals surface area contributed by atoms with Crippen LogP contribution in [0.5, 0.6) is 0 Å². The lowest BCUT2D eigenvalue weighted by Gasteiger charge is -2.31. The number of halogens is 2. The molecular weight excluding hydrogens is 437 g/mol. The van der Waals surface area contributed by atoms with Crippen LogP contribution in [-0.2, 0) is 14.3 Å². The molecule has 2 fully saturated rings. The molecular formula is C23H31Cl2N3O3. The van der Waals surface area contributed by atoms with E-state index in [0.29, 0.717) is 42.1 Å². The van der Waals surface area contributed by atoms with E-state index in [1.54, 1.807) is 23.1 Å². The third-order valence-electron chi connectivity index (χ3n) is 6.01. The van der Waals surface area contributed by atoms with Gasteiger partial charge in [0.2, 0.25) is 11.8 Å². The van der Waals surface area contributed by atoms with E-state index in [1.165, 1.54) is 6.08 Å². The second kappa shape index (κ2) is 11.9. The Hall–Kier alpha value is -1.60. The van der Waals surface area contributed by atoms with Crippen LogP contribution in [0.4, 0.5) is 0 Å². The minimum atomic E-state index is -0.0972. The number of rotatable bonds is 7. The summed E-state index contributed by atoms with van der Waals surface area (Å²) in [5.41, 5.74) is 0.809. The third kappa shape index (κ3) is 7.21.